The number of rotatable bonds is 17. The molecule has 1 heterocycles. The number of ether oxygens (including phenoxy) is 4. The summed E-state index contributed by atoms with van der Waals surface area (Å²) >= 11 is 0. The highest BCUT2D eigenvalue weighted by molar-refractivity contribution is 5.99. The summed E-state index contributed by atoms with van der Waals surface area (Å²) in [7, 11) is 1.39. The quantitative estimate of drug-likeness (QED) is 0.0724. The molecule has 0 radical (unpaired) electrons. The number of hydrogen-bond acceptors (Lipinski definition) is 7. The summed E-state index contributed by atoms with van der Waals surface area (Å²) in [5, 5.41) is 3.70. The van der Waals surface area contributed by atoms with E-state index in [1.807, 2.05) is 115 Å². The third-order valence-corrected chi connectivity index (χ3v) is 12.4. The number of halogens is 1. The summed E-state index contributed by atoms with van der Waals surface area (Å²) in [4.78, 5) is 28.8. The molecule has 6 aromatic rings. The molecule has 6 aromatic carbocycles. The molecule has 62 heavy (non-hydrogen) atoms. The average Bonchev–Trinajstić information content (AvgIpc) is 3.64. The van der Waals surface area contributed by atoms with Gasteiger partial charge in [-0.2, -0.15) is 0 Å². The summed E-state index contributed by atoms with van der Waals surface area (Å²) in [6, 6.07) is 50.0. The fourth-order valence-electron chi connectivity index (χ4n) is 9.06. The zero-order chi connectivity index (χ0) is 42.9. The molecule has 8 rings (SSSR count). The van der Waals surface area contributed by atoms with Crippen LogP contribution in [-0.2, 0) is 28.2 Å². The average molecular weight is 833 g/mol. The van der Waals surface area contributed by atoms with Gasteiger partial charge in [0.05, 0.1) is 24.3 Å². The zero-order valence-corrected chi connectivity index (χ0v) is 35.3. The van der Waals surface area contributed by atoms with Crippen LogP contribution in [0.3, 0.4) is 0 Å². The number of nitrogens with one attached hydrogen (secondary N) is 1. The maximum Gasteiger partial charge on any atom is 0.326 e. The molecule has 1 saturated carbocycles. The number of hydrogen-bond donors (Lipinski definition) is 1. The largest absolute Gasteiger partial charge is 0.491 e. The summed E-state index contributed by atoms with van der Waals surface area (Å²) in [5.41, 5.74) is 3.77. The van der Waals surface area contributed by atoms with Crippen LogP contribution in [0.2, 0.25) is 0 Å². The molecule has 1 aliphatic heterocycles. The van der Waals surface area contributed by atoms with Crippen LogP contribution >= 0.6 is 0 Å². The summed E-state index contributed by atoms with van der Waals surface area (Å²) in [5.74, 6) is 0.724. The van der Waals surface area contributed by atoms with Crippen LogP contribution in [-0.4, -0.2) is 49.2 Å². The Balaban J connectivity index is 0.876. The van der Waals surface area contributed by atoms with Crippen molar-refractivity contribution < 1.29 is 32.9 Å². The number of amides is 1. The van der Waals surface area contributed by atoms with Gasteiger partial charge in [-0.3, -0.25) is 14.9 Å². The maximum atomic E-state index is 15.6. The highest BCUT2D eigenvalue weighted by Gasteiger charge is 2.41. The predicted octanol–water partition coefficient (Wildman–Crippen LogP) is 10.1. The van der Waals surface area contributed by atoms with Crippen molar-refractivity contribution in [1.82, 2.24) is 10.2 Å². The van der Waals surface area contributed by atoms with Crippen molar-refractivity contribution in [3.05, 3.63) is 197 Å². The van der Waals surface area contributed by atoms with E-state index in [2.05, 4.69) is 48.6 Å². The Bertz CT molecular complexity index is 2310. The molecule has 1 N–H and O–H groups in total. The van der Waals surface area contributed by atoms with E-state index < -0.39 is 23.4 Å². The minimum absolute atomic E-state index is 0.00435. The molecule has 0 saturated heterocycles. The minimum atomic E-state index is -0.902. The van der Waals surface area contributed by atoms with Crippen molar-refractivity contribution in [3.63, 3.8) is 0 Å². The Morgan fingerprint density at radius 3 is 1.92 bits per heavy atom. The number of esters is 1. The molecule has 2 atom stereocenters. The van der Waals surface area contributed by atoms with Crippen molar-refractivity contribution in [2.75, 3.05) is 20.3 Å². The normalized spacial score (nSPS) is 17.1. The Kier molecular flexibility index (Phi) is 13.3. The van der Waals surface area contributed by atoms with E-state index in [9.17, 15) is 9.59 Å². The van der Waals surface area contributed by atoms with Crippen LogP contribution in [0.5, 0.6) is 17.2 Å². The predicted molar refractivity (Wildman–Crippen MR) is 238 cm³/mol. The number of carbonyl (C=O) groups is 2. The fourth-order valence-corrected chi connectivity index (χ4v) is 9.06. The Hall–Kier alpha value is -6.45. The summed E-state index contributed by atoms with van der Waals surface area (Å²) in [6.07, 6.45) is 3.77. The van der Waals surface area contributed by atoms with Crippen LogP contribution in [0.1, 0.15) is 70.8 Å². The Morgan fingerprint density at radius 1 is 0.742 bits per heavy atom. The lowest BCUT2D eigenvalue weighted by molar-refractivity contribution is -0.144. The van der Waals surface area contributed by atoms with E-state index in [0.717, 1.165) is 47.9 Å². The first-order chi connectivity index (χ1) is 30.3. The second-order valence-corrected chi connectivity index (χ2v) is 16.3. The lowest BCUT2D eigenvalue weighted by atomic mass is 9.76. The first-order valence-electron chi connectivity index (χ1n) is 21.5. The molecule has 2 aliphatic rings. The number of carbonyl (C=O) groups excluding carboxylic acids is 2. The first kappa shape index (κ1) is 42.2. The zero-order valence-electron chi connectivity index (χ0n) is 35.3. The van der Waals surface area contributed by atoms with Gasteiger partial charge in [-0.15, -0.1) is 0 Å². The maximum absolute atomic E-state index is 15.6. The molecule has 0 aromatic heterocycles. The molecule has 0 spiro atoms. The Morgan fingerprint density at radius 2 is 1.32 bits per heavy atom. The van der Waals surface area contributed by atoms with E-state index >= 15 is 4.39 Å². The lowest BCUT2D eigenvalue weighted by Crippen LogP contribution is -2.55. The van der Waals surface area contributed by atoms with Gasteiger partial charge >= 0.3 is 5.97 Å². The van der Waals surface area contributed by atoms with E-state index in [-0.39, 0.29) is 36.5 Å². The van der Waals surface area contributed by atoms with E-state index in [4.69, 9.17) is 18.9 Å². The molecule has 1 aliphatic carbocycles. The van der Waals surface area contributed by atoms with Gasteiger partial charge in [0.1, 0.15) is 30.8 Å². The van der Waals surface area contributed by atoms with Crippen molar-refractivity contribution >= 4 is 11.9 Å². The Labute approximate surface area is 363 Å². The summed E-state index contributed by atoms with van der Waals surface area (Å²) < 4.78 is 39.6. The second-order valence-electron chi connectivity index (χ2n) is 16.3. The second kappa shape index (κ2) is 19.5. The SMILES string of the molecule is COC(=O)[C@H](COc1cccc(OC(C)C2CCC(CN3Cc4ccc(OCc5ccccc5)c(F)c4C3=O)CC2)c1)NC(c1ccccc1)(c1ccccc1)c1ccccc1. The summed E-state index contributed by atoms with van der Waals surface area (Å²) in [6.45, 7) is 3.35. The van der Waals surface area contributed by atoms with E-state index in [1.165, 1.54) is 7.11 Å². The van der Waals surface area contributed by atoms with Crippen LogP contribution < -0.4 is 19.5 Å². The van der Waals surface area contributed by atoms with E-state index in [1.54, 1.807) is 11.0 Å². The van der Waals surface area contributed by atoms with Crippen molar-refractivity contribution in [1.29, 1.82) is 0 Å². The number of fused-ring (bicyclic) bond motifs is 1. The molecular weight excluding hydrogens is 780 g/mol. The van der Waals surface area contributed by atoms with Gasteiger partial charge in [0.2, 0.25) is 0 Å². The highest BCUT2D eigenvalue weighted by Crippen LogP contribution is 2.39. The minimum Gasteiger partial charge on any atom is -0.491 e. The van der Waals surface area contributed by atoms with E-state index in [0.29, 0.717) is 42.0 Å². The topological polar surface area (TPSA) is 86.3 Å². The van der Waals surface area contributed by atoms with Crippen LogP contribution in [0.15, 0.2) is 158 Å². The van der Waals surface area contributed by atoms with Crippen LogP contribution in [0.4, 0.5) is 4.39 Å². The third kappa shape index (κ3) is 9.38. The molecule has 0 bridgehead atoms. The standard InChI is InChI=1S/C53H53FN2O6/c1-37(40-28-26-38(27-29-40)33-56-34-41-30-31-48(50(54)49(41)51(56)57)61-35-39-16-7-3-8-17-39)62-46-25-15-24-45(32-46)60-36-47(52(58)59-2)55-53(42-18-9-4-10-19-42,43-20-11-5-12-21-43)44-22-13-6-14-23-44/h3-25,30-32,37-38,40,47,55H,26-29,33-36H2,1-2H3/t37?,38?,40?,47-/m0/s1. The monoisotopic (exact) mass is 832 g/mol. The molecule has 1 fully saturated rings. The first-order valence-corrected chi connectivity index (χ1v) is 21.5. The number of nitrogens with zero attached hydrogens (tertiary/aromatic N) is 1. The lowest BCUT2D eigenvalue weighted by Gasteiger charge is -2.39. The highest BCUT2D eigenvalue weighted by atomic mass is 19.1. The molecule has 8 nitrogen and oxygen atoms in total. The van der Waals surface area contributed by atoms with Gasteiger partial charge in [-0.1, -0.05) is 133 Å². The number of benzene rings is 6. The van der Waals surface area contributed by atoms with Gasteiger partial charge in [0.25, 0.3) is 5.91 Å². The molecular formula is C53H53FN2O6. The molecule has 9 heteroatoms. The van der Waals surface area contributed by atoms with Gasteiger partial charge in [-0.25, -0.2) is 4.39 Å². The van der Waals surface area contributed by atoms with Gasteiger partial charge in [0.15, 0.2) is 11.6 Å². The van der Waals surface area contributed by atoms with Gasteiger partial charge < -0.3 is 23.8 Å². The smallest absolute Gasteiger partial charge is 0.326 e. The van der Waals surface area contributed by atoms with Crippen LogP contribution in [0, 0.1) is 17.7 Å². The fraction of sp³-hybridized carbons (Fsp3) is 0.283. The van der Waals surface area contributed by atoms with Gasteiger partial charge in [-0.05, 0) is 90.5 Å². The van der Waals surface area contributed by atoms with Crippen LogP contribution in [0.25, 0.3) is 0 Å². The van der Waals surface area contributed by atoms with Gasteiger partial charge in [0, 0.05) is 19.2 Å². The van der Waals surface area contributed by atoms with Crippen molar-refractivity contribution in [3.8, 4) is 17.2 Å². The van der Waals surface area contributed by atoms with Crippen molar-refractivity contribution in [2.45, 2.75) is 63.4 Å². The van der Waals surface area contributed by atoms with Crippen molar-refractivity contribution in [2.24, 2.45) is 11.8 Å². The molecule has 1 unspecified atom stereocenters. The molecule has 1 amide bonds. The molecule has 318 valence electrons. The number of methoxy groups -OCH3 is 1. The third-order valence-electron chi connectivity index (χ3n) is 12.4.